The van der Waals surface area contributed by atoms with Crippen molar-refractivity contribution >= 4 is 17.5 Å². The van der Waals surface area contributed by atoms with Crippen LogP contribution in [-0.2, 0) is 11.3 Å². The van der Waals surface area contributed by atoms with Crippen LogP contribution in [0.25, 0.3) is 0 Å². The van der Waals surface area contributed by atoms with Crippen LogP contribution in [-0.4, -0.2) is 25.0 Å². The first kappa shape index (κ1) is 13.2. The fourth-order valence-electron chi connectivity index (χ4n) is 2.15. The van der Waals surface area contributed by atoms with E-state index < -0.39 is 0 Å². The molecule has 2 rings (SSSR count). The van der Waals surface area contributed by atoms with E-state index in [-0.39, 0.29) is 11.8 Å². The van der Waals surface area contributed by atoms with Gasteiger partial charge >= 0.3 is 0 Å². The van der Waals surface area contributed by atoms with E-state index in [0.717, 1.165) is 17.7 Å². The molecule has 0 unspecified atom stereocenters. The zero-order valence-corrected chi connectivity index (χ0v) is 11.7. The fraction of sp³-hybridized carbons (Fsp3) is 0.500. The lowest BCUT2D eigenvalue weighted by Gasteiger charge is -2.19. The van der Waals surface area contributed by atoms with E-state index in [1.54, 1.807) is 18.1 Å². The number of ether oxygens (including phenoxy) is 1. The third-order valence-corrected chi connectivity index (χ3v) is 3.69. The Kier molecular flexibility index (Phi) is 3.81. The Bertz CT molecular complexity index is 461. The number of halogens is 1. The summed E-state index contributed by atoms with van der Waals surface area (Å²) in [7, 11) is 3.45. The number of carbonyl (C=O) groups excluding carboxylic acids is 1. The maximum absolute atomic E-state index is 12.1. The topological polar surface area (TPSA) is 29.5 Å². The van der Waals surface area contributed by atoms with Gasteiger partial charge in [0.2, 0.25) is 5.91 Å². The first-order chi connectivity index (χ1) is 8.52. The van der Waals surface area contributed by atoms with Crippen LogP contribution >= 0.6 is 11.6 Å². The highest BCUT2D eigenvalue weighted by molar-refractivity contribution is 6.30. The normalized spacial score (nSPS) is 21.6. The van der Waals surface area contributed by atoms with E-state index in [2.05, 4.69) is 6.92 Å². The quantitative estimate of drug-likeness (QED) is 0.839. The van der Waals surface area contributed by atoms with Crippen molar-refractivity contribution in [3.8, 4) is 5.75 Å². The SMILES string of the molecule is COc1ccc(Cl)cc1CN(C)C(=O)[C@H]1C[C@H]1C. The molecular weight excluding hydrogens is 250 g/mol. The van der Waals surface area contributed by atoms with Gasteiger partial charge in [0.1, 0.15) is 5.75 Å². The summed E-state index contributed by atoms with van der Waals surface area (Å²) in [5, 5.41) is 0.659. The molecule has 1 aliphatic carbocycles. The van der Waals surface area contributed by atoms with E-state index >= 15 is 0 Å². The molecule has 18 heavy (non-hydrogen) atoms. The fourth-order valence-corrected chi connectivity index (χ4v) is 2.35. The summed E-state index contributed by atoms with van der Waals surface area (Å²) in [5.74, 6) is 1.72. The second kappa shape index (κ2) is 5.19. The first-order valence-corrected chi connectivity index (χ1v) is 6.48. The number of amides is 1. The summed E-state index contributed by atoms with van der Waals surface area (Å²) < 4.78 is 5.28. The Balaban J connectivity index is 2.08. The summed E-state index contributed by atoms with van der Waals surface area (Å²) in [6, 6.07) is 5.46. The third kappa shape index (κ3) is 2.78. The lowest BCUT2D eigenvalue weighted by atomic mass is 10.2. The van der Waals surface area contributed by atoms with Gasteiger partial charge in [-0.1, -0.05) is 18.5 Å². The van der Waals surface area contributed by atoms with Crippen LogP contribution in [0.5, 0.6) is 5.75 Å². The standard InChI is InChI=1S/C14H18ClNO2/c1-9-6-12(9)14(17)16(2)8-10-7-11(15)4-5-13(10)18-3/h4-5,7,9,12H,6,8H2,1-3H3/t9-,12+/m1/s1. The van der Waals surface area contributed by atoms with E-state index in [1.165, 1.54) is 0 Å². The Hall–Kier alpha value is -1.22. The summed E-state index contributed by atoms with van der Waals surface area (Å²) in [6.07, 6.45) is 1.01. The van der Waals surface area contributed by atoms with Crippen LogP contribution in [0.3, 0.4) is 0 Å². The molecule has 0 saturated heterocycles. The molecule has 0 heterocycles. The molecule has 0 aromatic heterocycles. The summed E-state index contributed by atoms with van der Waals surface area (Å²) in [5.41, 5.74) is 0.939. The molecule has 1 aromatic rings. The summed E-state index contributed by atoms with van der Waals surface area (Å²) >= 11 is 5.98. The van der Waals surface area contributed by atoms with Gasteiger partial charge in [0, 0.05) is 30.1 Å². The number of hydrogen-bond acceptors (Lipinski definition) is 2. The molecule has 98 valence electrons. The van der Waals surface area contributed by atoms with Gasteiger partial charge in [0.15, 0.2) is 0 Å². The monoisotopic (exact) mass is 267 g/mol. The lowest BCUT2D eigenvalue weighted by molar-refractivity contribution is -0.132. The van der Waals surface area contributed by atoms with Crippen molar-refractivity contribution in [2.75, 3.05) is 14.2 Å². The van der Waals surface area contributed by atoms with Gasteiger partial charge in [-0.05, 0) is 30.5 Å². The lowest BCUT2D eigenvalue weighted by Crippen LogP contribution is -2.28. The van der Waals surface area contributed by atoms with Crippen LogP contribution in [0.15, 0.2) is 18.2 Å². The Labute approximate surface area is 113 Å². The predicted octanol–water partition coefficient (Wildman–Crippen LogP) is 2.96. The van der Waals surface area contributed by atoms with E-state index in [9.17, 15) is 4.79 Å². The minimum Gasteiger partial charge on any atom is -0.496 e. The largest absolute Gasteiger partial charge is 0.496 e. The number of nitrogens with zero attached hydrogens (tertiary/aromatic N) is 1. The highest BCUT2D eigenvalue weighted by Crippen LogP contribution is 2.39. The molecule has 0 radical (unpaired) electrons. The van der Waals surface area contributed by atoms with E-state index in [1.807, 2.05) is 19.2 Å². The van der Waals surface area contributed by atoms with Crippen molar-refractivity contribution in [2.24, 2.45) is 11.8 Å². The van der Waals surface area contributed by atoms with Crippen LogP contribution in [0.4, 0.5) is 0 Å². The minimum absolute atomic E-state index is 0.208. The van der Waals surface area contributed by atoms with Crippen LogP contribution in [0.2, 0.25) is 5.02 Å². The van der Waals surface area contributed by atoms with Crippen molar-refractivity contribution in [3.63, 3.8) is 0 Å². The molecule has 1 aliphatic rings. The van der Waals surface area contributed by atoms with Crippen molar-refractivity contribution in [1.29, 1.82) is 0 Å². The molecule has 2 atom stereocenters. The first-order valence-electron chi connectivity index (χ1n) is 6.10. The van der Waals surface area contributed by atoms with Crippen LogP contribution < -0.4 is 4.74 Å². The molecule has 0 bridgehead atoms. The summed E-state index contributed by atoms with van der Waals surface area (Å²) in [6.45, 7) is 2.64. The predicted molar refractivity (Wildman–Crippen MR) is 71.7 cm³/mol. The van der Waals surface area contributed by atoms with Gasteiger partial charge in [0.25, 0.3) is 0 Å². The minimum atomic E-state index is 0.208. The van der Waals surface area contributed by atoms with Gasteiger partial charge in [-0.3, -0.25) is 4.79 Å². The molecule has 0 N–H and O–H groups in total. The van der Waals surface area contributed by atoms with Crippen LogP contribution in [0.1, 0.15) is 18.9 Å². The number of benzene rings is 1. The van der Waals surface area contributed by atoms with Crippen molar-refractivity contribution in [3.05, 3.63) is 28.8 Å². The summed E-state index contributed by atoms with van der Waals surface area (Å²) in [4.78, 5) is 13.8. The molecule has 1 aromatic carbocycles. The van der Waals surface area contributed by atoms with Crippen LogP contribution in [0, 0.1) is 11.8 Å². The van der Waals surface area contributed by atoms with E-state index in [0.29, 0.717) is 17.5 Å². The average molecular weight is 268 g/mol. The van der Waals surface area contributed by atoms with E-state index in [4.69, 9.17) is 16.3 Å². The van der Waals surface area contributed by atoms with Gasteiger partial charge in [-0.2, -0.15) is 0 Å². The Morgan fingerprint density at radius 3 is 2.78 bits per heavy atom. The smallest absolute Gasteiger partial charge is 0.226 e. The highest BCUT2D eigenvalue weighted by atomic mass is 35.5. The van der Waals surface area contributed by atoms with Crippen molar-refractivity contribution in [2.45, 2.75) is 19.9 Å². The molecule has 1 fully saturated rings. The second-order valence-electron chi connectivity index (χ2n) is 4.97. The third-order valence-electron chi connectivity index (χ3n) is 3.45. The molecule has 4 heteroatoms. The van der Waals surface area contributed by atoms with Gasteiger partial charge < -0.3 is 9.64 Å². The number of hydrogen-bond donors (Lipinski definition) is 0. The maximum Gasteiger partial charge on any atom is 0.226 e. The number of methoxy groups -OCH3 is 1. The van der Waals surface area contributed by atoms with Gasteiger partial charge in [-0.15, -0.1) is 0 Å². The number of rotatable bonds is 4. The highest BCUT2D eigenvalue weighted by Gasteiger charge is 2.40. The second-order valence-corrected chi connectivity index (χ2v) is 5.41. The molecular formula is C14H18ClNO2. The average Bonchev–Trinajstić information content (AvgIpc) is 3.05. The van der Waals surface area contributed by atoms with Crippen molar-refractivity contribution in [1.82, 2.24) is 4.90 Å². The van der Waals surface area contributed by atoms with Crippen molar-refractivity contribution < 1.29 is 9.53 Å². The number of carbonyl (C=O) groups is 1. The van der Waals surface area contributed by atoms with Gasteiger partial charge in [0.05, 0.1) is 7.11 Å². The molecule has 0 spiro atoms. The van der Waals surface area contributed by atoms with Gasteiger partial charge in [-0.25, -0.2) is 0 Å². The zero-order valence-electron chi connectivity index (χ0n) is 10.9. The molecule has 0 aliphatic heterocycles. The Morgan fingerprint density at radius 2 is 2.22 bits per heavy atom. The maximum atomic E-state index is 12.1. The molecule has 3 nitrogen and oxygen atoms in total. The molecule has 1 saturated carbocycles. The Morgan fingerprint density at radius 1 is 1.56 bits per heavy atom. The molecule has 1 amide bonds. The zero-order chi connectivity index (χ0) is 13.3.